The van der Waals surface area contributed by atoms with Gasteiger partial charge in [-0.25, -0.2) is 9.59 Å². The van der Waals surface area contributed by atoms with E-state index in [9.17, 15) is 19.2 Å². The molecule has 1 fully saturated rings. The largest absolute Gasteiger partial charge is 0.511 e. The molecule has 1 atom stereocenters. The Hall–Kier alpha value is -0.910. The number of benzene rings is 1. The fourth-order valence-corrected chi connectivity index (χ4v) is 6.72. The smallest absolute Gasteiger partial charge is 0.426 e. The van der Waals surface area contributed by atoms with Gasteiger partial charge < -0.3 is 24.4 Å². The van der Waals surface area contributed by atoms with Gasteiger partial charge in [-0.3, -0.25) is 9.59 Å². The van der Waals surface area contributed by atoms with Gasteiger partial charge in [0.05, 0.1) is 27.6 Å². The van der Waals surface area contributed by atoms with E-state index >= 15 is 0 Å². The highest BCUT2D eigenvalue weighted by atomic mass is 127. The summed E-state index contributed by atoms with van der Waals surface area (Å²) >= 11 is 5.87. The number of hydrogen-bond donors (Lipinski definition) is 1. The van der Waals surface area contributed by atoms with E-state index in [-0.39, 0.29) is 24.0 Å². The number of hydrogen-bond acceptors (Lipinski definition) is 7. The monoisotopic (exact) mass is 714 g/mol. The minimum Gasteiger partial charge on any atom is -0.426 e. The Balaban J connectivity index is 2.58. The average molecular weight is 714 g/mol. The number of nitrogens with zero attached hydrogens (tertiary/aromatic N) is 1. The van der Waals surface area contributed by atoms with E-state index in [0.29, 0.717) is 22.1 Å². The lowest BCUT2D eigenvalue weighted by Crippen LogP contribution is -2.28. The maximum absolute atomic E-state index is 12.7. The van der Waals surface area contributed by atoms with E-state index in [1.54, 1.807) is 7.05 Å². The van der Waals surface area contributed by atoms with Crippen molar-refractivity contribution in [2.24, 2.45) is 0 Å². The lowest BCUT2D eigenvalue weighted by molar-refractivity contribution is -0.116. The molecule has 2 rings (SSSR count). The van der Waals surface area contributed by atoms with Crippen LogP contribution in [0.5, 0.6) is 0 Å². The molecule has 1 saturated heterocycles. The standard InChI is InChI=1S/C15H13I3N2O7/c1-5(21)19-12-9(16)8(14(23)26-7-4-25-15(24)27-7)10(17)13(11(12)18)20(3)6(2)22/h7H,4H2,1-3H3,(H,19,21). The molecule has 1 heterocycles. The Labute approximate surface area is 195 Å². The Morgan fingerprint density at radius 3 is 2.26 bits per heavy atom. The molecular weight excluding hydrogens is 701 g/mol. The second-order valence-electron chi connectivity index (χ2n) is 5.31. The molecule has 27 heavy (non-hydrogen) atoms. The Morgan fingerprint density at radius 2 is 1.78 bits per heavy atom. The van der Waals surface area contributed by atoms with Gasteiger partial charge in [0.1, 0.15) is 0 Å². The van der Waals surface area contributed by atoms with Gasteiger partial charge in [-0.15, -0.1) is 0 Å². The summed E-state index contributed by atoms with van der Waals surface area (Å²) in [7, 11) is 1.56. The highest BCUT2D eigenvalue weighted by molar-refractivity contribution is 14.1. The topological polar surface area (TPSA) is 111 Å². The van der Waals surface area contributed by atoms with Gasteiger partial charge in [0.25, 0.3) is 6.29 Å². The summed E-state index contributed by atoms with van der Waals surface area (Å²) in [6.45, 7) is 2.52. The van der Waals surface area contributed by atoms with Gasteiger partial charge in [-0.2, -0.15) is 0 Å². The molecule has 1 aliphatic heterocycles. The van der Waals surface area contributed by atoms with Crippen molar-refractivity contribution in [3.05, 3.63) is 16.3 Å². The summed E-state index contributed by atoms with van der Waals surface area (Å²) < 4.78 is 16.0. The number of esters is 1. The van der Waals surface area contributed by atoms with Crippen LogP contribution < -0.4 is 10.2 Å². The zero-order valence-electron chi connectivity index (χ0n) is 14.2. The van der Waals surface area contributed by atoms with Gasteiger partial charge >= 0.3 is 12.1 Å². The highest BCUT2D eigenvalue weighted by Gasteiger charge is 2.33. The zero-order valence-corrected chi connectivity index (χ0v) is 20.7. The lowest BCUT2D eigenvalue weighted by Gasteiger charge is -2.24. The molecule has 1 aliphatic rings. The van der Waals surface area contributed by atoms with Crippen LogP contribution in [0.2, 0.25) is 0 Å². The van der Waals surface area contributed by atoms with Crippen molar-refractivity contribution in [3.8, 4) is 0 Å². The molecule has 146 valence electrons. The first-order chi connectivity index (χ1) is 12.5. The van der Waals surface area contributed by atoms with Crippen LogP contribution in [0.15, 0.2) is 0 Å². The van der Waals surface area contributed by atoms with Gasteiger partial charge in [0.2, 0.25) is 11.8 Å². The minimum atomic E-state index is -1.16. The Bertz CT molecular complexity index is 843. The summed E-state index contributed by atoms with van der Waals surface area (Å²) in [6.07, 6.45) is -2.08. The number of nitrogens with one attached hydrogen (secondary N) is 1. The lowest BCUT2D eigenvalue weighted by atomic mass is 10.1. The van der Waals surface area contributed by atoms with Gasteiger partial charge in [0.15, 0.2) is 6.61 Å². The molecule has 0 radical (unpaired) electrons. The summed E-state index contributed by atoms with van der Waals surface area (Å²) in [6, 6.07) is 0. The molecular formula is C15H13I3N2O7. The van der Waals surface area contributed by atoms with E-state index in [0.717, 1.165) is 0 Å². The quantitative estimate of drug-likeness (QED) is 0.378. The van der Waals surface area contributed by atoms with Crippen LogP contribution in [0.3, 0.4) is 0 Å². The first-order valence-corrected chi connectivity index (χ1v) is 10.5. The van der Waals surface area contributed by atoms with Crippen molar-refractivity contribution in [2.75, 3.05) is 23.9 Å². The summed E-state index contributed by atoms with van der Waals surface area (Å²) in [5.41, 5.74) is 0.990. The van der Waals surface area contributed by atoms with Gasteiger partial charge in [0, 0.05) is 20.9 Å². The Morgan fingerprint density at radius 1 is 1.15 bits per heavy atom. The number of cyclic esters (lactones) is 2. The van der Waals surface area contributed by atoms with Crippen molar-refractivity contribution >= 4 is 103 Å². The molecule has 2 amide bonds. The van der Waals surface area contributed by atoms with Crippen LogP contribution in [0.1, 0.15) is 24.2 Å². The molecule has 1 unspecified atom stereocenters. The van der Waals surface area contributed by atoms with E-state index in [4.69, 9.17) is 9.47 Å². The summed E-state index contributed by atoms with van der Waals surface area (Å²) in [5, 5.41) is 2.69. The third kappa shape index (κ3) is 4.93. The number of anilines is 2. The summed E-state index contributed by atoms with van der Waals surface area (Å²) in [4.78, 5) is 48.7. The molecule has 0 bridgehead atoms. The fourth-order valence-electron chi connectivity index (χ4n) is 2.12. The molecule has 0 aromatic heterocycles. The van der Waals surface area contributed by atoms with Crippen molar-refractivity contribution in [2.45, 2.75) is 20.1 Å². The summed E-state index contributed by atoms with van der Waals surface area (Å²) in [5.74, 6) is -1.35. The van der Waals surface area contributed by atoms with Crippen LogP contribution in [-0.4, -0.2) is 43.9 Å². The predicted octanol–water partition coefficient (Wildman–Crippen LogP) is 3.09. The van der Waals surface area contributed by atoms with Crippen molar-refractivity contribution in [1.29, 1.82) is 0 Å². The SMILES string of the molecule is CC(=O)Nc1c(I)c(C(=O)OC2COC(=O)O2)c(I)c(N(C)C(C)=O)c1I. The molecule has 1 aromatic rings. The first-order valence-electron chi connectivity index (χ1n) is 7.31. The number of ether oxygens (including phenoxy) is 3. The number of carbonyl (C=O) groups excluding carboxylic acids is 4. The third-order valence-electron chi connectivity index (χ3n) is 3.41. The van der Waals surface area contributed by atoms with Crippen LogP contribution >= 0.6 is 67.8 Å². The molecule has 9 nitrogen and oxygen atoms in total. The maximum Gasteiger partial charge on any atom is 0.511 e. The molecule has 1 N–H and O–H groups in total. The van der Waals surface area contributed by atoms with Crippen molar-refractivity contribution in [1.82, 2.24) is 0 Å². The van der Waals surface area contributed by atoms with E-state index in [1.165, 1.54) is 18.7 Å². The third-order valence-corrected chi connectivity index (χ3v) is 6.59. The van der Waals surface area contributed by atoms with Gasteiger partial charge in [-0.05, 0) is 67.8 Å². The molecule has 0 spiro atoms. The van der Waals surface area contributed by atoms with Crippen LogP contribution in [0.25, 0.3) is 0 Å². The molecule has 0 saturated carbocycles. The van der Waals surface area contributed by atoms with Crippen molar-refractivity contribution < 1.29 is 33.4 Å². The van der Waals surface area contributed by atoms with Crippen LogP contribution in [-0.2, 0) is 23.8 Å². The van der Waals surface area contributed by atoms with Gasteiger partial charge in [-0.1, -0.05) is 0 Å². The number of rotatable bonds is 4. The number of amides is 2. The minimum absolute atomic E-state index is 0.145. The first kappa shape index (κ1) is 22.4. The normalized spacial score (nSPS) is 15.6. The second kappa shape index (κ2) is 9.06. The molecule has 1 aromatic carbocycles. The van der Waals surface area contributed by atoms with Crippen LogP contribution in [0, 0.1) is 10.7 Å². The highest BCUT2D eigenvalue weighted by Crippen LogP contribution is 2.41. The Kier molecular flexibility index (Phi) is 7.51. The fraction of sp³-hybridized carbons (Fsp3) is 0.333. The van der Waals surface area contributed by atoms with Crippen LogP contribution in [0.4, 0.5) is 16.2 Å². The zero-order chi connectivity index (χ0) is 20.5. The molecule has 0 aliphatic carbocycles. The molecule has 12 heteroatoms. The van der Waals surface area contributed by atoms with Crippen molar-refractivity contribution in [3.63, 3.8) is 0 Å². The average Bonchev–Trinajstić information content (AvgIpc) is 2.96. The number of carbonyl (C=O) groups is 4. The van der Waals surface area contributed by atoms with E-state index in [2.05, 4.69) is 10.1 Å². The maximum atomic E-state index is 12.7. The second-order valence-corrected chi connectivity index (χ2v) is 8.55. The van der Waals surface area contributed by atoms with E-state index < -0.39 is 18.4 Å². The van der Waals surface area contributed by atoms with E-state index in [1.807, 2.05) is 67.8 Å². The number of halogens is 3. The predicted molar refractivity (Wildman–Crippen MR) is 120 cm³/mol.